The van der Waals surface area contributed by atoms with E-state index in [1.165, 1.54) is 0 Å². The molecule has 0 saturated carbocycles. The summed E-state index contributed by atoms with van der Waals surface area (Å²) in [6.07, 6.45) is 0.0301. The zero-order valence-electron chi connectivity index (χ0n) is 12.1. The number of aliphatic imine (C=N–C) groups is 1. The van der Waals surface area contributed by atoms with Gasteiger partial charge in [0.2, 0.25) is 0 Å². The molecular weight excluding hydrogens is 242 g/mol. The summed E-state index contributed by atoms with van der Waals surface area (Å²) < 4.78 is 11.0. The lowest BCUT2D eigenvalue weighted by molar-refractivity contribution is 0.223. The third-order valence-corrected chi connectivity index (χ3v) is 2.50. The Morgan fingerprint density at radius 2 is 2.05 bits per heavy atom. The van der Waals surface area contributed by atoms with Crippen LogP contribution in [-0.4, -0.2) is 39.3 Å². The van der Waals surface area contributed by atoms with E-state index in [0.717, 1.165) is 24.0 Å². The van der Waals surface area contributed by atoms with E-state index in [-0.39, 0.29) is 6.10 Å². The van der Waals surface area contributed by atoms with Crippen molar-refractivity contribution in [2.75, 3.05) is 27.2 Å². The van der Waals surface area contributed by atoms with E-state index in [0.29, 0.717) is 6.54 Å². The minimum atomic E-state index is 0.0301. The van der Waals surface area contributed by atoms with Crippen LogP contribution >= 0.6 is 0 Å². The van der Waals surface area contributed by atoms with Gasteiger partial charge in [-0.15, -0.1) is 0 Å². The van der Waals surface area contributed by atoms with E-state index >= 15 is 0 Å². The van der Waals surface area contributed by atoms with E-state index in [4.69, 9.17) is 9.47 Å². The standard InChI is InChI=1S/C14H23N3O2/c1-5-16-14(15-3)17-10-11(2)19-13-8-6-7-12(9-13)18-4/h6-9,11H,5,10H2,1-4H3,(H2,15,16,17). The summed E-state index contributed by atoms with van der Waals surface area (Å²) >= 11 is 0. The van der Waals surface area contributed by atoms with Crippen molar-refractivity contribution in [3.63, 3.8) is 0 Å². The van der Waals surface area contributed by atoms with Crippen LogP contribution in [0.15, 0.2) is 29.3 Å². The quantitative estimate of drug-likeness (QED) is 0.606. The van der Waals surface area contributed by atoms with Gasteiger partial charge in [-0.2, -0.15) is 0 Å². The van der Waals surface area contributed by atoms with Crippen molar-refractivity contribution >= 4 is 5.96 Å². The molecule has 0 heterocycles. The smallest absolute Gasteiger partial charge is 0.191 e. The number of hydrogen-bond donors (Lipinski definition) is 2. The average molecular weight is 265 g/mol. The Labute approximate surface area is 115 Å². The molecule has 1 rings (SSSR count). The molecule has 19 heavy (non-hydrogen) atoms. The molecule has 5 nitrogen and oxygen atoms in total. The average Bonchev–Trinajstić information content (AvgIpc) is 2.43. The molecule has 0 bridgehead atoms. The number of guanidine groups is 1. The first kappa shape index (κ1) is 15.1. The number of ether oxygens (including phenoxy) is 2. The predicted molar refractivity (Wildman–Crippen MR) is 78.1 cm³/mol. The minimum absolute atomic E-state index is 0.0301. The molecule has 0 aliphatic carbocycles. The first-order valence-electron chi connectivity index (χ1n) is 6.44. The molecule has 0 saturated heterocycles. The lowest BCUT2D eigenvalue weighted by Gasteiger charge is -2.17. The zero-order chi connectivity index (χ0) is 14.1. The number of hydrogen-bond acceptors (Lipinski definition) is 3. The van der Waals surface area contributed by atoms with Crippen LogP contribution in [0.4, 0.5) is 0 Å². The summed E-state index contributed by atoms with van der Waals surface area (Å²) in [7, 11) is 3.39. The second-order valence-electron chi connectivity index (χ2n) is 4.09. The van der Waals surface area contributed by atoms with Crippen molar-refractivity contribution < 1.29 is 9.47 Å². The Morgan fingerprint density at radius 1 is 1.32 bits per heavy atom. The monoisotopic (exact) mass is 265 g/mol. The molecule has 0 aliphatic heterocycles. The number of methoxy groups -OCH3 is 1. The van der Waals surface area contributed by atoms with Crippen LogP contribution in [0.1, 0.15) is 13.8 Å². The van der Waals surface area contributed by atoms with Crippen molar-refractivity contribution in [3.8, 4) is 11.5 Å². The highest BCUT2D eigenvalue weighted by Gasteiger charge is 2.06. The van der Waals surface area contributed by atoms with Crippen LogP contribution in [0.5, 0.6) is 11.5 Å². The summed E-state index contributed by atoms with van der Waals surface area (Å²) in [6.45, 7) is 5.55. The van der Waals surface area contributed by atoms with Crippen LogP contribution in [0.2, 0.25) is 0 Å². The Hall–Kier alpha value is -1.91. The van der Waals surface area contributed by atoms with E-state index in [1.807, 2.05) is 38.1 Å². The van der Waals surface area contributed by atoms with Gasteiger partial charge in [0.05, 0.1) is 13.7 Å². The molecule has 1 aromatic carbocycles. The van der Waals surface area contributed by atoms with Crippen LogP contribution in [0.3, 0.4) is 0 Å². The molecule has 2 N–H and O–H groups in total. The van der Waals surface area contributed by atoms with Crippen molar-refractivity contribution in [2.45, 2.75) is 20.0 Å². The summed E-state index contributed by atoms with van der Waals surface area (Å²) in [4.78, 5) is 4.10. The summed E-state index contributed by atoms with van der Waals surface area (Å²) in [6, 6.07) is 7.59. The second-order valence-corrected chi connectivity index (χ2v) is 4.09. The maximum absolute atomic E-state index is 5.80. The molecule has 0 aliphatic rings. The van der Waals surface area contributed by atoms with E-state index in [1.54, 1.807) is 14.2 Å². The highest BCUT2D eigenvalue weighted by Crippen LogP contribution is 2.19. The lowest BCUT2D eigenvalue weighted by atomic mass is 10.3. The lowest BCUT2D eigenvalue weighted by Crippen LogP contribution is -2.41. The van der Waals surface area contributed by atoms with Crippen molar-refractivity contribution in [1.29, 1.82) is 0 Å². The molecule has 1 unspecified atom stereocenters. The van der Waals surface area contributed by atoms with Crippen LogP contribution in [-0.2, 0) is 0 Å². The SMILES string of the molecule is CCNC(=NC)NCC(C)Oc1cccc(OC)c1. The fourth-order valence-electron chi connectivity index (χ4n) is 1.58. The fraction of sp³-hybridized carbons (Fsp3) is 0.500. The molecule has 0 amide bonds. The summed E-state index contributed by atoms with van der Waals surface area (Å²) in [5, 5.41) is 6.33. The topological polar surface area (TPSA) is 54.9 Å². The number of rotatable bonds is 6. The first-order chi connectivity index (χ1) is 9.19. The molecule has 0 radical (unpaired) electrons. The highest BCUT2D eigenvalue weighted by molar-refractivity contribution is 5.79. The molecule has 1 aromatic rings. The van der Waals surface area contributed by atoms with Gasteiger partial charge < -0.3 is 20.1 Å². The van der Waals surface area contributed by atoms with Crippen LogP contribution < -0.4 is 20.1 Å². The van der Waals surface area contributed by atoms with Crippen LogP contribution in [0, 0.1) is 0 Å². The first-order valence-corrected chi connectivity index (χ1v) is 6.44. The Morgan fingerprint density at radius 3 is 2.68 bits per heavy atom. The van der Waals surface area contributed by atoms with Crippen molar-refractivity contribution in [2.24, 2.45) is 4.99 Å². The number of benzene rings is 1. The number of nitrogens with one attached hydrogen (secondary N) is 2. The molecule has 0 aromatic heterocycles. The third kappa shape index (κ3) is 5.50. The molecule has 1 atom stereocenters. The highest BCUT2D eigenvalue weighted by atomic mass is 16.5. The zero-order valence-corrected chi connectivity index (χ0v) is 12.1. The van der Waals surface area contributed by atoms with Gasteiger partial charge in [0.15, 0.2) is 5.96 Å². The fourth-order valence-corrected chi connectivity index (χ4v) is 1.58. The Kier molecular flexibility index (Phi) is 6.57. The van der Waals surface area contributed by atoms with Gasteiger partial charge in [0.25, 0.3) is 0 Å². The van der Waals surface area contributed by atoms with Gasteiger partial charge in [-0.25, -0.2) is 0 Å². The predicted octanol–water partition coefficient (Wildman–Crippen LogP) is 1.65. The van der Waals surface area contributed by atoms with E-state index < -0.39 is 0 Å². The maximum Gasteiger partial charge on any atom is 0.191 e. The van der Waals surface area contributed by atoms with Gasteiger partial charge in [-0.3, -0.25) is 4.99 Å². The number of nitrogens with zero attached hydrogens (tertiary/aromatic N) is 1. The molecule has 5 heteroatoms. The van der Waals surface area contributed by atoms with Crippen molar-refractivity contribution in [3.05, 3.63) is 24.3 Å². The maximum atomic E-state index is 5.80. The minimum Gasteiger partial charge on any atom is -0.497 e. The van der Waals surface area contributed by atoms with Gasteiger partial charge in [0.1, 0.15) is 17.6 Å². The Balaban J connectivity index is 2.44. The molecule has 106 valence electrons. The van der Waals surface area contributed by atoms with Gasteiger partial charge in [-0.1, -0.05) is 6.07 Å². The largest absolute Gasteiger partial charge is 0.497 e. The molecule has 0 spiro atoms. The summed E-state index contributed by atoms with van der Waals surface area (Å²) in [5.41, 5.74) is 0. The van der Waals surface area contributed by atoms with Gasteiger partial charge >= 0.3 is 0 Å². The van der Waals surface area contributed by atoms with Crippen LogP contribution in [0.25, 0.3) is 0 Å². The molecular formula is C14H23N3O2. The van der Waals surface area contributed by atoms with E-state index in [9.17, 15) is 0 Å². The van der Waals surface area contributed by atoms with E-state index in [2.05, 4.69) is 15.6 Å². The van der Waals surface area contributed by atoms with Gasteiger partial charge in [0, 0.05) is 19.7 Å². The van der Waals surface area contributed by atoms with Gasteiger partial charge in [-0.05, 0) is 26.0 Å². The summed E-state index contributed by atoms with van der Waals surface area (Å²) in [5.74, 6) is 2.37. The third-order valence-electron chi connectivity index (χ3n) is 2.50. The van der Waals surface area contributed by atoms with Crippen molar-refractivity contribution in [1.82, 2.24) is 10.6 Å². The Bertz CT molecular complexity index is 407. The molecule has 0 fully saturated rings. The second kappa shape index (κ2) is 8.24. The normalized spacial score (nSPS) is 12.7.